The lowest BCUT2D eigenvalue weighted by molar-refractivity contribution is 0.746. The van der Waals surface area contributed by atoms with Gasteiger partial charge in [0.05, 0.1) is 12.2 Å². The standard InChI is InChI=1S/C15H17N5S/c1-3-13-12(9-19(2)18-13)10-20-14(16-17-15(20)21)11-7-5-4-6-8-11/h4-9H,3,10H2,1-2H3,(H,17,21). The van der Waals surface area contributed by atoms with Gasteiger partial charge in [-0.1, -0.05) is 37.3 Å². The molecule has 0 radical (unpaired) electrons. The van der Waals surface area contributed by atoms with E-state index in [-0.39, 0.29) is 0 Å². The molecule has 21 heavy (non-hydrogen) atoms. The third kappa shape index (κ3) is 2.67. The highest BCUT2D eigenvalue weighted by atomic mass is 32.1. The van der Waals surface area contributed by atoms with Crippen molar-refractivity contribution in [3.8, 4) is 11.4 Å². The number of H-pyrrole nitrogens is 1. The topological polar surface area (TPSA) is 51.4 Å². The molecule has 5 nitrogen and oxygen atoms in total. The molecule has 0 fully saturated rings. The van der Waals surface area contributed by atoms with Gasteiger partial charge in [0, 0.05) is 24.4 Å². The Balaban J connectivity index is 2.03. The lowest BCUT2D eigenvalue weighted by Crippen LogP contribution is -2.03. The summed E-state index contributed by atoms with van der Waals surface area (Å²) in [4.78, 5) is 0. The lowest BCUT2D eigenvalue weighted by Gasteiger charge is -2.06. The minimum absolute atomic E-state index is 0.625. The molecule has 0 atom stereocenters. The molecule has 1 aromatic carbocycles. The zero-order valence-corrected chi connectivity index (χ0v) is 12.9. The van der Waals surface area contributed by atoms with Crippen molar-refractivity contribution in [1.29, 1.82) is 0 Å². The molecule has 0 aliphatic carbocycles. The third-order valence-electron chi connectivity index (χ3n) is 3.45. The lowest BCUT2D eigenvalue weighted by atomic mass is 10.2. The Morgan fingerprint density at radius 3 is 2.71 bits per heavy atom. The van der Waals surface area contributed by atoms with Crippen LogP contribution in [0, 0.1) is 4.77 Å². The molecule has 0 aliphatic rings. The van der Waals surface area contributed by atoms with Crippen molar-refractivity contribution in [3.05, 3.63) is 52.6 Å². The summed E-state index contributed by atoms with van der Waals surface area (Å²) >= 11 is 5.38. The van der Waals surface area contributed by atoms with Crippen LogP contribution in [0.25, 0.3) is 11.4 Å². The Morgan fingerprint density at radius 1 is 1.24 bits per heavy atom. The first kappa shape index (κ1) is 13.8. The van der Waals surface area contributed by atoms with Gasteiger partial charge in [-0.05, 0) is 18.6 Å². The van der Waals surface area contributed by atoms with Crippen molar-refractivity contribution >= 4 is 12.2 Å². The van der Waals surface area contributed by atoms with E-state index >= 15 is 0 Å². The summed E-state index contributed by atoms with van der Waals surface area (Å²) in [5.41, 5.74) is 3.32. The van der Waals surface area contributed by atoms with Gasteiger partial charge in [-0.25, -0.2) is 0 Å². The van der Waals surface area contributed by atoms with Crippen LogP contribution in [0.15, 0.2) is 36.5 Å². The van der Waals surface area contributed by atoms with Crippen molar-refractivity contribution in [2.24, 2.45) is 7.05 Å². The number of hydrogen-bond acceptors (Lipinski definition) is 3. The Bertz CT molecular complexity index is 797. The number of nitrogens with zero attached hydrogens (tertiary/aromatic N) is 4. The van der Waals surface area contributed by atoms with E-state index in [1.165, 1.54) is 5.56 Å². The largest absolute Gasteiger partial charge is 0.296 e. The zero-order valence-electron chi connectivity index (χ0n) is 12.1. The van der Waals surface area contributed by atoms with E-state index < -0.39 is 0 Å². The number of aromatic nitrogens is 5. The van der Waals surface area contributed by atoms with Crippen LogP contribution in [0.3, 0.4) is 0 Å². The van der Waals surface area contributed by atoms with Crippen LogP contribution in [0.1, 0.15) is 18.2 Å². The Kier molecular flexibility index (Phi) is 3.70. The summed E-state index contributed by atoms with van der Waals surface area (Å²) in [5, 5.41) is 11.7. The van der Waals surface area contributed by atoms with Crippen molar-refractivity contribution in [2.75, 3.05) is 0 Å². The highest BCUT2D eigenvalue weighted by molar-refractivity contribution is 7.71. The van der Waals surface area contributed by atoms with Crippen LogP contribution in [-0.4, -0.2) is 24.5 Å². The van der Waals surface area contributed by atoms with Gasteiger partial charge in [0.2, 0.25) is 0 Å². The number of hydrogen-bond donors (Lipinski definition) is 1. The van der Waals surface area contributed by atoms with E-state index in [1.807, 2.05) is 52.8 Å². The maximum Gasteiger partial charge on any atom is 0.195 e. The van der Waals surface area contributed by atoms with Gasteiger partial charge < -0.3 is 0 Å². The van der Waals surface area contributed by atoms with E-state index in [4.69, 9.17) is 12.2 Å². The summed E-state index contributed by atoms with van der Waals surface area (Å²) in [6.07, 6.45) is 2.95. The van der Waals surface area contributed by atoms with Crippen LogP contribution < -0.4 is 0 Å². The molecule has 0 saturated heterocycles. The minimum Gasteiger partial charge on any atom is -0.296 e. The molecule has 0 bridgehead atoms. The van der Waals surface area contributed by atoms with Crippen LogP contribution in [-0.2, 0) is 20.0 Å². The first-order valence-electron chi connectivity index (χ1n) is 6.91. The third-order valence-corrected chi connectivity index (χ3v) is 3.76. The van der Waals surface area contributed by atoms with E-state index in [9.17, 15) is 0 Å². The molecule has 0 aliphatic heterocycles. The molecule has 6 heteroatoms. The summed E-state index contributed by atoms with van der Waals surface area (Å²) in [6, 6.07) is 10.1. The van der Waals surface area contributed by atoms with Crippen LogP contribution in [0.4, 0.5) is 0 Å². The Hall–Kier alpha value is -2.21. The van der Waals surface area contributed by atoms with Gasteiger partial charge in [-0.15, -0.1) is 0 Å². The SMILES string of the molecule is CCc1nn(C)cc1Cn1c(-c2ccccc2)n[nH]c1=S. The minimum atomic E-state index is 0.625. The average molecular weight is 299 g/mol. The summed E-state index contributed by atoms with van der Waals surface area (Å²) < 4.78 is 4.49. The molecule has 0 amide bonds. The number of aromatic amines is 1. The van der Waals surface area contributed by atoms with E-state index in [0.717, 1.165) is 23.5 Å². The zero-order chi connectivity index (χ0) is 14.8. The van der Waals surface area contributed by atoms with Gasteiger partial charge in [-0.3, -0.25) is 14.3 Å². The molecule has 108 valence electrons. The monoisotopic (exact) mass is 299 g/mol. The van der Waals surface area contributed by atoms with Gasteiger partial charge in [0.25, 0.3) is 0 Å². The molecular weight excluding hydrogens is 282 g/mol. The Morgan fingerprint density at radius 2 is 2.00 bits per heavy atom. The molecule has 2 heterocycles. The second kappa shape index (κ2) is 5.65. The predicted octanol–water partition coefficient (Wildman–Crippen LogP) is 2.95. The van der Waals surface area contributed by atoms with E-state index in [1.54, 1.807) is 0 Å². The molecule has 3 aromatic rings. The van der Waals surface area contributed by atoms with E-state index in [2.05, 4.69) is 22.2 Å². The van der Waals surface area contributed by atoms with Gasteiger partial charge in [-0.2, -0.15) is 10.2 Å². The number of rotatable bonds is 4. The summed E-state index contributed by atoms with van der Waals surface area (Å²) in [6.45, 7) is 2.79. The molecule has 1 N–H and O–H groups in total. The first-order valence-corrected chi connectivity index (χ1v) is 7.32. The molecule has 0 spiro atoms. The van der Waals surface area contributed by atoms with Gasteiger partial charge in [0.15, 0.2) is 10.6 Å². The van der Waals surface area contributed by atoms with Gasteiger partial charge in [0.1, 0.15) is 0 Å². The van der Waals surface area contributed by atoms with Crippen molar-refractivity contribution < 1.29 is 0 Å². The van der Waals surface area contributed by atoms with Crippen molar-refractivity contribution in [2.45, 2.75) is 19.9 Å². The molecule has 0 unspecified atom stereocenters. The fraction of sp³-hybridized carbons (Fsp3) is 0.267. The van der Waals surface area contributed by atoms with Gasteiger partial charge >= 0.3 is 0 Å². The molecule has 2 aromatic heterocycles. The molecule has 0 saturated carbocycles. The highest BCUT2D eigenvalue weighted by Gasteiger charge is 2.12. The fourth-order valence-electron chi connectivity index (χ4n) is 2.46. The maximum atomic E-state index is 5.38. The quantitative estimate of drug-likeness (QED) is 0.754. The highest BCUT2D eigenvalue weighted by Crippen LogP contribution is 2.19. The molecule has 3 rings (SSSR count). The number of nitrogens with one attached hydrogen (secondary N) is 1. The Labute approximate surface area is 128 Å². The second-order valence-electron chi connectivity index (χ2n) is 4.93. The number of benzene rings is 1. The van der Waals surface area contributed by atoms with Crippen molar-refractivity contribution in [1.82, 2.24) is 24.5 Å². The van der Waals surface area contributed by atoms with Crippen LogP contribution in [0.2, 0.25) is 0 Å². The molecular formula is C15H17N5S. The van der Waals surface area contributed by atoms with Crippen molar-refractivity contribution in [3.63, 3.8) is 0 Å². The summed E-state index contributed by atoms with van der Waals surface area (Å²) in [7, 11) is 1.94. The van der Waals surface area contributed by atoms with Crippen LogP contribution in [0.5, 0.6) is 0 Å². The van der Waals surface area contributed by atoms with E-state index in [0.29, 0.717) is 11.3 Å². The number of aryl methyl sites for hydroxylation is 2. The maximum absolute atomic E-state index is 5.38. The predicted molar refractivity (Wildman–Crippen MR) is 84.5 cm³/mol. The fourth-order valence-corrected chi connectivity index (χ4v) is 2.65. The normalized spacial score (nSPS) is 11.0. The first-order chi connectivity index (χ1) is 10.2. The smallest absolute Gasteiger partial charge is 0.195 e. The summed E-state index contributed by atoms with van der Waals surface area (Å²) in [5.74, 6) is 0.853. The second-order valence-corrected chi connectivity index (χ2v) is 5.32. The van der Waals surface area contributed by atoms with Crippen LogP contribution >= 0.6 is 12.2 Å². The average Bonchev–Trinajstić information content (AvgIpc) is 3.04.